The lowest BCUT2D eigenvalue weighted by Crippen LogP contribution is -2.46. The van der Waals surface area contributed by atoms with Gasteiger partial charge in [0.15, 0.2) is 0 Å². The van der Waals surface area contributed by atoms with Crippen molar-refractivity contribution in [3.8, 4) is 22.4 Å². The molecule has 16 nitrogen and oxygen atoms in total. The molecule has 0 radical (unpaired) electrons. The molecule has 5 N–H and O–H groups in total. The summed E-state index contributed by atoms with van der Waals surface area (Å²) in [6.07, 6.45) is 1.59. The summed E-state index contributed by atoms with van der Waals surface area (Å²) < 4.78 is 113. The van der Waals surface area contributed by atoms with E-state index in [2.05, 4.69) is 20.0 Å². The molecule has 78 heavy (non-hydrogen) atoms. The van der Waals surface area contributed by atoms with E-state index >= 15 is 0 Å². The number of nitrogens with one attached hydrogen (secondary N) is 1. The topological polar surface area (TPSA) is 205 Å². The van der Waals surface area contributed by atoms with Crippen molar-refractivity contribution in [2.45, 2.75) is 67.4 Å². The van der Waals surface area contributed by atoms with Crippen molar-refractivity contribution >= 4 is 86.7 Å². The number of benzene rings is 5. The number of hydrogen-bond acceptors (Lipinski definition) is 11. The molecule has 2 aliphatic rings. The quantitative estimate of drug-likeness (QED) is 0.0258. The second kappa shape index (κ2) is 25.0. The summed E-state index contributed by atoms with van der Waals surface area (Å²) in [6, 6.07) is 33.6. The third-order valence-corrected chi connectivity index (χ3v) is 18.2. The number of carbonyl (C=O) groups is 1. The van der Waals surface area contributed by atoms with Gasteiger partial charge < -0.3 is 39.5 Å². The van der Waals surface area contributed by atoms with Crippen LogP contribution in [0.1, 0.15) is 55.2 Å². The van der Waals surface area contributed by atoms with E-state index in [1.807, 2.05) is 92.1 Å². The van der Waals surface area contributed by atoms with Gasteiger partial charge in [-0.25, -0.2) is 26.3 Å². The molecule has 2 aliphatic heterocycles. The standard InChI is InChI=1S/C54H61ClF3N6O10PS3/c1-36(2)63-37(3)50(53(65)66)51(52(63)39-12-14-41(55)15-13-39)40-8-7-9-45(32-40)62-30-28-61(29-31-62)43-16-18-44(19-17-43)64(77(70)71)46-20-21-48(49(33-46)78(72,73)54(56,57)58)59-42(35-76-47-10-5-4-6-11-47)24-27-60-25-22-38(23-26-60)34-74-75(67,68)69/h4-21,32-33,36,38,42,59H,22-31,34-35H2,1-3H3,(H,65,66)(H,70,71)(H2,67,68,69)/t42-/m1/s1. The summed E-state index contributed by atoms with van der Waals surface area (Å²) in [6.45, 7) is 9.70. The number of piperidine rings is 1. The highest BCUT2D eigenvalue weighted by atomic mass is 35.5. The number of aromatic carboxylic acids is 1. The number of anilines is 5. The van der Waals surface area contributed by atoms with E-state index in [9.17, 15) is 44.8 Å². The number of piperazine rings is 1. The fourth-order valence-corrected chi connectivity index (χ4v) is 13.2. The molecule has 0 saturated carbocycles. The summed E-state index contributed by atoms with van der Waals surface area (Å²) in [7, 11) is -10.6. The minimum Gasteiger partial charge on any atom is -0.478 e. The maximum absolute atomic E-state index is 14.5. The van der Waals surface area contributed by atoms with Gasteiger partial charge in [-0.15, -0.1) is 11.8 Å². The van der Waals surface area contributed by atoms with Gasteiger partial charge in [0.25, 0.3) is 21.1 Å². The second-order valence-electron chi connectivity index (χ2n) is 19.5. The summed E-state index contributed by atoms with van der Waals surface area (Å²) in [5.74, 6) is -0.763. The Morgan fingerprint density at radius 3 is 2.08 bits per heavy atom. The zero-order valence-corrected chi connectivity index (χ0v) is 47.0. The van der Waals surface area contributed by atoms with E-state index < -0.39 is 51.3 Å². The van der Waals surface area contributed by atoms with Crippen molar-refractivity contribution in [2.24, 2.45) is 5.92 Å². The number of hydrogen-bond donors (Lipinski definition) is 5. The number of phosphoric acid groups is 1. The first kappa shape index (κ1) is 58.8. The SMILES string of the molecule is Cc1c(C(=O)O)c(-c2cccc(N3CCN(c4ccc(N(c5ccc(N[C@H](CCN6CCC(COP(=O)(O)O)CC6)CSc6ccccc6)c(S(=O)(=O)C(F)(F)F)c5)S(=O)O)cc4)CC3)c2)c(-c2ccc(Cl)cc2)n1C(C)C. The van der Waals surface area contributed by atoms with E-state index in [4.69, 9.17) is 25.9 Å². The van der Waals surface area contributed by atoms with Crippen molar-refractivity contribution in [2.75, 3.05) is 77.6 Å². The number of halogens is 4. The molecule has 3 heterocycles. The Bertz CT molecular complexity index is 3250. The Balaban J connectivity index is 0.994. The van der Waals surface area contributed by atoms with Gasteiger partial charge in [0.1, 0.15) is 4.90 Å². The third kappa shape index (κ3) is 13.9. The van der Waals surface area contributed by atoms with Gasteiger partial charge in [0.2, 0.25) is 0 Å². The fourth-order valence-electron chi connectivity index (χ4n) is 10.1. The molecular weight excluding hydrogens is 1110 g/mol. The summed E-state index contributed by atoms with van der Waals surface area (Å²) in [4.78, 5) is 37.4. The van der Waals surface area contributed by atoms with Gasteiger partial charge in [-0.05, 0) is 149 Å². The smallest absolute Gasteiger partial charge is 0.478 e. The zero-order chi connectivity index (χ0) is 56.1. The van der Waals surface area contributed by atoms with Crippen molar-refractivity contribution in [1.29, 1.82) is 0 Å². The minimum atomic E-state index is -6.02. The van der Waals surface area contributed by atoms with E-state index in [0.29, 0.717) is 87.1 Å². The maximum Gasteiger partial charge on any atom is 0.501 e. The largest absolute Gasteiger partial charge is 0.501 e. The van der Waals surface area contributed by atoms with Crippen LogP contribution in [0.3, 0.4) is 0 Å². The van der Waals surface area contributed by atoms with Gasteiger partial charge in [-0.2, -0.15) is 13.2 Å². The summed E-state index contributed by atoms with van der Waals surface area (Å²) >= 11 is 4.83. The van der Waals surface area contributed by atoms with Crippen molar-refractivity contribution in [1.82, 2.24) is 9.47 Å². The van der Waals surface area contributed by atoms with Gasteiger partial charge in [-0.3, -0.25) is 9.08 Å². The Morgan fingerprint density at radius 1 is 0.859 bits per heavy atom. The number of rotatable bonds is 21. The highest BCUT2D eigenvalue weighted by molar-refractivity contribution is 7.99. The van der Waals surface area contributed by atoms with Crippen LogP contribution in [0.5, 0.6) is 0 Å². The Hall–Kier alpha value is -5.39. The number of sulfone groups is 1. The number of aromatic nitrogens is 1. The Kier molecular flexibility index (Phi) is 18.8. The highest BCUT2D eigenvalue weighted by Gasteiger charge is 2.48. The lowest BCUT2D eigenvalue weighted by Gasteiger charge is -2.37. The van der Waals surface area contributed by atoms with Crippen LogP contribution in [0.2, 0.25) is 5.02 Å². The lowest BCUT2D eigenvalue weighted by molar-refractivity contribution is -0.0435. The molecule has 5 aromatic carbocycles. The first-order valence-corrected chi connectivity index (χ1v) is 30.6. The molecule has 2 fully saturated rings. The number of likely N-dealkylation sites (tertiary alicyclic amines) is 1. The molecule has 0 aliphatic carbocycles. The van der Waals surface area contributed by atoms with Crippen LogP contribution in [0.15, 0.2) is 131 Å². The van der Waals surface area contributed by atoms with Gasteiger partial charge >= 0.3 is 19.3 Å². The highest BCUT2D eigenvalue weighted by Crippen LogP contribution is 2.44. The van der Waals surface area contributed by atoms with Crippen molar-refractivity contribution in [3.05, 3.63) is 138 Å². The van der Waals surface area contributed by atoms with Gasteiger partial charge in [0, 0.05) is 83.1 Å². The molecule has 6 aromatic rings. The van der Waals surface area contributed by atoms with Crippen molar-refractivity contribution < 1.29 is 59.1 Å². The molecule has 1 aromatic heterocycles. The number of carboxylic acid groups (broad SMARTS) is 1. The minimum absolute atomic E-state index is 0.0460. The fraction of sp³-hybridized carbons (Fsp3) is 0.352. The van der Waals surface area contributed by atoms with Gasteiger partial charge in [0.05, 0.1) is 34.9 Å². The molecule has 8 rings (SSSR count). The molecule has 0 bridgehead atoms. The predicted octanol–water partition coefficient (Wildman–Crippen LogP) is 11.7. The molecule has 24 heteroatoms. The summed E-state index contributed by atoms with van der Waals surface area (Å²) in [5, 5.41) is 14.2. The van der Waals surface area contributed by atoms with E-state index in [0.717, 1.165) is 43.5 Å². The molecule has 2 atom stereocenters. The monoisotopic (exact) mass is 1170 g/mol. The van der Waals surface area contributed by atoms with Crippen LogP contribution < -0.4 is 19.4 Å². The van der Waals surface area contributed by atoms with Crippen LogP contribution >= 0.6 is 31.2 Å². The van der Waals surface area contributed by atoms with Crippen LogP contribution in [0, 0.1) is 12.8 Å². The third-order valence-electron chi connectivity index (χ3n) is 14.0. The average molecular weight is 1170 g/mol. The normalized spacial score (nSPS) is 15.9. The molecular formula is C54H61ClF3N6O10PS3. The average Bonchev–Trinajstić information content (AvgIpc) is 3.98. The van der Waals surface area contributed by atoms with Crippen LogP contribution in [0.25, 0.3) is 22.4 Å². The second-order valence-corrected chi connectivity index (χ2v) is 25.0. The Morgan fingerprint density at radius 2 is 1.49 bits per heavy atom. The predicted molar refractivity (Wildman–Crippen MR) is 302 cm³/mol. The number of alkyl halides is 3. The maximum atomic E-state index is 14.5. The summed E-state index contributed by atoms with van der Waals surface area (Å²) in [5.41, 5.74) is -0.737. The van der Waals surface area contributed by atoms with E-state index in [1.165, 1.54) is 36.0 Å². The van der Waals surface area contributed by atoms with E-state index in [-0.39, 0.29) is 41.2 Å². The molecule has 418 valence electrons. The molecule has 0 amide bonds. The number of nitrogens with zero attached hydrogens (tertiary/aromatic N) is 5. The number of phosphoric ester groups is 1. The van der Waals surface area contributed by atoms with Crippen LogP contribution in [-0.4, -0.2) is 117 Å². The lowest BCUT2D eigenvalue weighted by atomic mass is 9.96. The number of thioether (sulfide) groups is 1. The zero-order valence-electron chi connectivity index (χ0n) is 42.9. The van der Waals surface area contributed by atoms with E-state index in [1.54, 1.807) is 24.3 Å². The number of carboxylic acids is 1. The van der Waals surface area contributed by atoms with Crippen LogP contribution in [-0.2, 0) is 30.2 Å². The molecule has 0 spiro atoms. The first-order chi connectivity index (χ1) is 37.0. The van der Waals surface area contributed by atoms with Crippen molar-refractivity contribution in [3.63, 3.8) is 0 Å². The van der Waals surface area contributed by atoms with Crippen LogP contribution in [0.4, 0.5) is 41.6 Å². The Labute approximate surface area is 463 Å². The van der Waals surface area contributed by atoms with Gasteiger partial charge in [-0.1, -0.05) is 54.1 Å². The molecule has 1 unspecified atom stereocenters. The first-order valence-electron chi connectivity index (χ1n) is 25.2. The molecule has 2 saturated heterocycles.